The molecular formula is C7H10O2. The van der Waals surface area contributed by atoms with Gasteiger partial charge < -0.3 is 0 Å². The van der Waals surface area contributed by atoms with E-state index in [-0.39, 0.29) is 0 Å². The first kappa shape index (κ1) is 8.08. The van der Waals surface area contributed by atoms with E-state index in [4.69, 9.17) is 0 Å². The maximum absolute atomic E-state index is 10.3. The van der Waals surface area contributed by atoms with Crippen LogP contribution < -0.4 is 0 Å². The van der Waals surface area contributed by atoms with Crippen LogP contribution in [-0.2, 0) is 9.59 Å². The van der Waals surface area contributed by atoms with Crippen LogP contribution >= 0.6 is 0 Å². The fraction of sp³-hybridized carbons (Fsp3) is 0.429. The van der Waals surface area contributed by atoms with Crippen molar-refractivity contribution in [2.24, 2.45) is 5.92 Å². The molecule has 0 aromatic rings. The second kappa shape index (κ2) is 4.01. The predicted molar refractivity (Wildman–Crippen MR) is 35.0 cm³/mol. The molecule has 0 radical (unpaired) electrons. The van der Waals surface area contributed by atoms with Crippen molar-refractivity contribution < 1.29 is 9.59 Å². The average Bonchev–Trinajstić information content (AvgIpc) is 1.83. The number of rotatable bonds is 3. The molecule has 0 saturated heterocycles. The number of carbonyl (C=O) groups is 2. The molecule has 0 aromatic heterocycles. The largest absolute Gasteiger partial charge is 0.294 e. The highest BCUT2D eigenvalue weighted by molar-refractivity contribution is 6.30. The zero-order valence-corrected chi connectivity index (χ0v) is 5.63. The van der Waals surface area contributed by atoms with E-state index >= 15 is 0 Å². The van der Waals surface area contributed by atoms with E-state index in [0.717, 1.165) is 0 Å². The molecule has 0 saturated carbocycles. The molecule has 0 N–H and O–H groups in total. The molecule has 0 atom stereocenters. The fourth-order valence-electron chi connectivity index (χ4n) is 0.327. The second-order valence-electron chi connectivity index (χ2n) is 2.12. The number of carbonyl (C=O) groups excluding carboxylic acids is 2. The number of hydrogen-bond acceptors (Lipinski definition) is 2. The molecule has 0 unspecified atom stereocenters. The lowest BCUT2D eigenvalue weighted by Gasteiger charge is -1.88. The van der Waals surface area contributed by atoms with Crippen LogP contribution in [0.15, 0.2) is 12.2 Å². The van der Waals surface area contributed by atoms with E-state index in [0.29, 0.717) is 12.2 Å². The van der Waals surface area contributed by atoms with Crippen LogP contribution in [0.25, 0.3) is 0 Å². The number of hydrogen-bond donors (Lipinski definition) is 0. The van der Waals surface area contributed by atoms with Gasteiger partial charge in [-0.1, -0.05) is 19.9 Å². The maximum atomic E-state index is 10.3. The van der Waals surface area contributed by atoms with Gasteiger partial charge in [0.2, 0.25) is 5.78 Å². The first-order chi connectivity index (χ1) is 4.16. The Balaban J connectivity index is 3.70. The van der Waals surface area contributed by atoms with E-state index in [1.807, 2.05) is 13.8 Å². The van der Waals surface area contributed by atoms with Gasteiger partial charge in [-0.3, -0.25) is 9.59 Å². The Morgan fingerprint density at radius 3 is 2.33 bits per heavy atom. The number of ketones is 1. The molecule has 0 aliphatic heterocycles. The average molecular weight is 126 g/mol. The Kier molecular flexibility index (Phi) is 3.60. The Hall–Kier alpha value is -0.920. The quantitative estimate of drug-likeness (QED) is 0.321. The third kappa shape index (κ3) is 4.94. The van der Waals surface area contributed by atoms with Crippen molar-refractivity contribution in [3.8, 4) is 0 Å². The normalized spacial score (nSPS) is 10.6. The van der Waals surface area contributed by atoms with Gasteiger partial charge in [-0.2, -0.15) is 0 Å². The zero-order valence-electron chi connectivity index (χ0n) is 5.63. The van der Waals surface area contributed by atoms with Crippen molar-refractivity contribution >= 4 is 12.1 Å². The molecule has 0 bridgehead atoms. The lowest BCUT2D eigenvalue weighted by molar-refractivity contribution is -0.126. The molecule has 0 fully saturated rings. The highest BCUT2D eigenvalue weighted by Crippen LogP contribution is 1.91. The lowest BCUT2D eigenvalue weighted by Crippen LogP contribution is -1.92. The summed E-state index contributed by atoms with van der Waals surface area (Å²) in [4.78, 5) is 20.0. The van der Waals surface area contributed by atoms with Crippen LogP contribution in [0.1, 0.15) is 13.8 Å². The van der Waals surface area contributed by atoms with Crippen LogP contribution in [0.2, 0.25) is 0 Å². The first-order valence-electron chi connectivity index (χ1n) is 2.84. The molecule has 2 heteroatoms. The summed E-state index contributed by atoms with van der Waals surface area (Å²) in [5.74, 6) is -0.141. The third-order valence-electron chi connectivity index (χ3n) is 0.762. The molecule has 0 aliphatic carbocycles. The Morgan fingerprint density at radius 1 is 1.44 bits per heavy atom. The van der Waals surface area contributed by atoms with Gasteiger partial charge in [0, 0.05) is 0 Å². The van der Waals surface area contributed by atoms with Gasteiger partial charge >= 0.3 is 0 Å². The summed E-state index contributed by atoms with van der Waals surface area (Å²) in [6, 6.07) is 0. The minimum atomic E-state index is -0.469. The van der Waals surface area contributed by atoms with Crippen LogP contribution in [-0.4, -0.2) is 12.1 Å². The molecule has 0 aromatic carbocycles. The topological polar surface area (TPSA) is 34.1 Å². The molecule has 2 nitrogen and oxygen atoms in total. The summed E-state index contributed by atoms with van der Waals surface area (Å²) in [5, 5.41) is 0. The van der Waals surface area contributed by atoms with E-state index in [1.165, 1.54) is 6.08 Å². The highest BCUT2D eigenvalue weighted by Gasteiger charge is 1.89. The summed E-state index contributed by atoms with van der Waals surface area (Å²) in [5.41, 5.74) is 0. The SMILES string of the molecule is CC(C)/C=C/C(=O)C=O. The van der Waals surface area contributed by atoms with E-state index in [1.54, 1.807) is 6.08 Å². The smallest absolute Gasteiger partial charge is 0.217 e. The van der Waals surface area contributed by atoms with Gasteiger partial charge in [0.25, 0.3) is 0 Å². The van der Waals surface area contributed by atoms with Crippen molar-refractivity contribution in [2.45, 2.75) is 13.8 Å². The Bertz CT molecular complexity index is 134. The summed E-state index contributed by atoms with van der Waals surface area (Å²) in [6.45, 7) is 3.88. The van der Waals surface area contributed by atoms with Crippen molar-refractivity contribution in [3.05, 3.63) is 12.2 Å². The van der Waals surface area contributed by atoms with E-state index < -0.39 is 5.78 Å². The van der Waals surface area contributed by atoms with Crippen LogP contribution in [0.3, 0.4) is 0 Å². The third-order valence-corrected chi connectivity index (χ3v) is 0.762. The number of aldehydes is 1. The lowest BCUT2D eigenvalue weighted by atomic mass is 10.2. The molecule has 50 valence electrons. The fourth-order valence-corrected chi connectivity index (χ4v) is 0.327. The Morgan fingerprint density at radius 2 is 2.00 bits per heavy atom. The molecule has 0 spiro atoms. The van der Waals surface area contributed by atoms with Crippen molar-refractivity contribution in [1.82, 2.24) is 0 Å². The summed E-state index contributed by atoms with van der Waals surface area (Å²) in [7, 11) is 0. The summed E-state index contributed by atoms with van der Waals surface area (Å²) in [6.07, 6.45) is 3.28. The highest BCUT2D eigenvalue weighted by atomic mass is 16.2. The van der Waals surface area contributed by atoms with Crippen LogP contribution in [0.5, 0.6) is 0 Å². The van der Waals surface area contributed by atoms with Crippen molar-refractivity contribution in [2.75, 3.05) is 0 Å². The predicted octanol–water partition coefficient (Wildman–Crippen LogP) is 0.967. The molecule has 9 heavy (non-hydrogen) atoms. The molecular weight excluding hydrogens is 116 g/mol. The van der Waals surface area contributed by atoms with Gasteiger partial charge in [-0.15, -0.1) is 0 Å². The summed E-state index contributed by atoms with van der Waals surface area (Å²) >= 11 is 0. The zero-order chi connectivity index (χ0) is 7.28. The van der Waals surface area contributed by atoms with Gasteiger partial charge in [-0.25, -0.2) is 0 Å². The van der Waals surface area contributed by atoms with E-state index in [2.05, 4.69) is 0 Å². The van der Waals surface area contributed by atoms with Gasteiger partial charge in [0.05, 0.1) is 0 Å². The van der Waals surface area contributed by atoms with Crippen molar-refractivity contribution in [3.63, 3.8) is 0 Å². The Labute approximate surface area is 54.6 Å². The van der Waals surface area contributed by atoms with Crippen LogP contribution in [0.4, 0.5) is 0 Å². The standard InChI is InChI=1S/C7H10O2/c1-6(2)3-4-7(9)5-8/h3-6H,1-2H3/b4-3+. The number of allylic oxidation sites excluding steroid dienone is 2. The van der Waals surface area contributed by atoms with Gasteiger partial charge in [-0.05, 0) is 12.0 Å². The second-order valence-corrected chi connectivity index (χ2v) is 2.12. The minimum Gasteiger partial charge on any atom is -0.294 e. The van der Waals surface area contributed by atoms with Crippen LogP contribution in [0, 0.1) is 5.92 Å². The monoisotopic (exact) mass is 126 g/mol. The van der Waals surface area contributed by atoms with E-state index in [9.17, 15) is 9.59 Å². The van der Waals surface area contributed by atoms with Crippen molar-refractivity contribution in [1.29, 1.82) is 0 Å². The molecule has 0 aliphatic rings. The molecule has 0 heterocycles. The first-order valence-corrected chi connectivity index (χ1v) is 2.84. The van der Waals surface area contributed by atoms with Gasteiger partial charge in [0.1, 0.15) is 0 Å². The molecule has 0 amide bonds. The van der Waals surface area contributed by atoms with Gasteiger partial charge in [0.15, 0.2) is 6.29 Å². The summed E-state index contributed by atoms with van der Waals surface area (Å²) < 4.78 is 0. The minimum absolute atomic E-state index is 0.304. The molecule has 0 rings (SSSR count). The maximum Gasteiger partial charge on any atom is 0.217 e.